The second-order valence-corrected chi connectivity index (χ2v) is 10.6. The van der Waals surface area contributed by atoms with E-state index in [1.807, 2.05) is 0 Å². The lowest BCUT2D eigenvalue weighted by Gasteiger charge is -2.33. The molecule has 0 spiro atoms. The predicted molar refractivity (Wildman–Crippen MR) is 140 cm³/mol. The molecule has 1 aromatic carbocycles. The smallest absolute Gasteiger partial charge is 0.462 e. The van der Waals surface area contributed by atoms with E-state index in [9.17, 15) is 14.2 Å². The molecule has 0 aliphatic carbocycles. The maximum Gasteiger partial charge on any atom is 0.475 e. The topological polar surface area (TPSA) is 175 Å². The first-order chi connectivity index (χ1) is 19.2. The largest absolute Gasteiger partial charge is 0.475 e. The molecule has 5 rings (SSSR count). The molecule has 0 bridgehead atoms. The third-order valence-corrected chi connectivity index (χ3v) is 7.88. The van der Waals surface area contributed by atoms with Gasteiger partial charge in [0.15, 0.2) is 17.5 Å². The van der Waals surface area contributed by atoms with E-state index in [-0.39, 0.29) is 31.2 Å². The fourth-order valence-electron chi connectivity index (χ4n) is 4.84. The van der Waals surface area contributed by atoms with Crippen LogP contribution in [0.2, 0.25) is 0 Å². The molecule has 15 heteroatoms. The maximum atomic E-state index is 13.6. The molecule has 2 aliphatic rings. The van der Waals surface area contributed by atoms with Crippen LogP contribution in [0.25, 0.3) is 5.52 Å². The Balaban J connectivity index is 1.47. The summed E-state index contributed by atoms with van der Waals surface area (Å²) in [7, 11) is -2.69. The van der Waals surface area contributed by atoms with Gasteiger partial charge in [-0.05, 0) is 30.7 Å². The van der Waals surface area contributed by atoms with Gasteiger partial charge >= 0.3 is 19.8 Å². The number of carbonyl (C=O) groups is 2. The Hall–Kier alpha value is -3.68. The Kier molecular flexibility index (Phi) is 7.71. The van der Waals surface area contributed by atoms with E-state index in [0.29, 0.717) is 16.8 Å². The SMILES string of the molecule is CCOC(=O)c1ccccc1COP1(=O)OC[C@H]2O[C@@](C=NC)(c3ccc4c(N)ncnn34)[C@H](OC(C)=O)[C@@H]2O1. The van der Waals surface area contributed by atoms with Crippen molar-refractivity contribution in [2.24, 2.45) is 4.99 Å². The molecule has 0 radical (unpaired) electrons. The number of hydrogen-bond donors (Lipinski definition) is 1. The van der Waals surface area contributed by atoms with Gasteiger partial charge < -0.3 is 19.9 Å². The van der Waals surface area contributed by atoms with Crippen molar-refractivity contribution in [2.75, 3.05) is 26.0 Å². The number of rotatable bonds is 8. The van der Waals surface area contributed by atoms with E-state index in [4.69, 9.17) is 33.5 Å². The van der Waals surface area contributed by atoms with Gasteiger partial charge in [0.2, 0.25) is 0 Å². The Bertz CT molecular complexity index is 1510. The average molecular weight is 573 g/mol. The van der Waals surface area contributed by atoms with E-state index < -0.39 is 43.7 Å². The van der Waals surface area contributed by atoms with Gasteiger partial charge in [-0.25, -0.2) is 18.9 Å². The number of phosphoric ester groups is 1. The highest BCUT2D eigenvalue weighted by atomic mass is 31.2. The molecule has 0 amide bonds. The molecular formula is C25H28N5O9P. The lowest BCUT2D eigenvalue weighted by Crippen LogP contribution is -2.47. The highest BCUT2D eigenvalue weighted by Gasteiger charge is 2.63. The van der Waals surface area contributed by atoms with Gasteiger partial charge in [-0.3, -0.25) is 23.4 Å². The first-order valence-corrected chi connectivity index (χ1v) is 13.9. The van der Waals surface area contributed by atoms with Crippen LogP contribution in [-0.4, -0.2) is 71.3 Å². The zero-order chi connectivity index (χ0) is 28.5. The molecule has 2 saturated heterocycles. The average Bonchev–Trinajstić information content (AvgIpc) is 3.49. The quantitative estimate of drug-likeness (QED) is 0.237. The molecule has 2 N–H and O–H groups in total. The number of fused-ring (bicyclic) bond motifs is 2. The van der Waals surface area contributed by atoms with Crippen molar-refractivity contribution in [1.82, 2.24) is 14.6 Å². The number of ether oxygens (including phenoxy) is 3. The van der Waals surface area contributed by atoms with E-state index in [1.165, 1.54) is 31.0 Å². The van der Waals surface area contributed by atoms with Gasteiger partial charge in [-0.2, -0.15) is 5.10 Å². The number of nitrogens with zero attached hydrogens (tertiary/aromatic N) is 4. The summed E-state index contributed by atoms with van der Waals surface area (Å²) < 4.78 is 49.4. The standard InChI is InChI=1S/C25H28N5O9P/c1-4-34-24(32)17-8-6-5-7-16(17)11-35-40(33)36-12-19-21(39-40)22(37-15(2)31)25(38-19,13-27-3)20-10-9-18-23(26)28-14-29-30(18)20/h5-10,13-14,19,21-22H,4,11-12H2,1-3H3,(H2,26,28,29)/t19-,21-,22-,25+,40?/m1/s1. The highest BCUT2D eigenvalue weighted by molar-refractivity contribution is 7.48. The number of hydrogen-bond acceptors (Lipinski definition) is 13. The molecular weight excluding hydrogens is 545 g/mol. The number of anilines is 1. The molecule has 2 aliphatic heterocycles. The van der Waals surface area contributed by atoms with Crippen molar-refractivity contribution in [1.29, 1.82) is 0 Å². The molecule has 2 aromatic heterocycles. The predicted octanol–water partition coefficient (Wildman–Crippen LogP) is 2.45. The number of aliphatic imine (C=N–C) groups is 1. The number of carbonyl (C=O) groups excluding carboxylic acids is 2. The van der Waals surface area contributed by atoms with E-state index in [1.54, 1.807) is 43.3 Å². The molecule has 4 heterocycles. The summed E-state index contributed by atoms with van der Waals surface area (Å²) in [6.07, 6.45) is -0.331. The molecule has 14 nitrogen and oxygen atoms in total. The minimum absolute atomic E-state index is 0.192. The van der Waals surface area contributed by atoms with Gasteiger partial charge in [-0.1, -0.05) is 18.2 Å². The summed E-state index contributed by atoms with van der Waals surface area (Å²) in [5.41, 5.74) is 6.10. The zero-order valence-electron chi connectivity index (χ0n) is 22.0. The molecule has 2 fully saturated rings. The third kappa shape index (κ3) is 5.00. The Morgan fingerprint density at radius 3 is 2.85 bits per heavy atom. The Morgan fingerprint density at radius 1 is 1.30 bits per heavy atom. The van der Waals surface area contributed by atoms with Crippen LogP contribution in [0.5, 0.6) is 0 Å². The van der Waals surface area contributed by atoms with Crippen LogP contribution in [0, 0.1) is 0 Å². The van der Waals surface area contributed by atoms with Crippen molar-refractivity contribution in [3.63, 3.8) is 0 Å². The summed E-state index contributed by atoms with van der Waals surface area (Å²) in [6.45, 7) is 2.64. The maximum absolute atomic E-state index is 13.6. The van der Waals surface area contributed by atoms with Crippen LogP contribution in [0.3, 0.4) is 0 Å². The molecule has 0 saturated carbocycles. The lowest BCUT2D eigenvalue weighted by molar-refractivity contribution is -0.156. The number of nitrogen functional groups attached to an aromatic ring is 1. The van der Waals surface area contributed by atoms with Gasteiger partial charge in [-0.15, -0.1) is 0 Å². The van der Waals surface area contributed by atoms with E-state index in [0.717, 1.165) is 0 Å². The van der Waals surface area contributed by atoms with Gasteiger partial charge in [0.1, 0.15) is 24.1 Å². The first-order valence-electron chi connectivity index (χ1n) is 12.4. The molecule has 5 atom stereocenters. The van der Waals surface area contributed by atoms with Gasteiger partial charge in [0, 0.05) is 20.2 Å². The van der Waals surface area contributed by atoms with E-state index in [2.05, 4.69) is 15.1 Å². The normalized spacial score (nSPS) is 28.0. The van der Waals surface area contributed by atoms with Crippen LogP contribution < -0.4 is 5.73 Å². The summed E-state index contributed by atoms with van der Waals surface area (Å²) in [4.78, 5) is 32.8. The van der Waals surface area contributed by atoms with Crippen molar-refractivity contribution in [3.8, 4) is 0 Å². The summed E-state index contributed by atoms with van der Waals surface area (Å²) in [6, 6.07) is 9.98. The zero-order valence-corrected chi connectivity index (χ0v) is 22.9. The summed E-state index contributed by atoms with van der Waals surface area (Å²) in [5.74, 6) is -0.950. The first kappa shape index (κ1) is 27.9. The van der Waals surface area contributed by atoms with Crippen LogP contribution >= 0.6 is 7.82 Å². The third-order valence-electron chi connectivity index (χ3n) is 6.47. The number of aromatic nitrogens is 3. The number of nitrogens with two attached hydrogens (primary N) is 1. The lowest BCUT2D eigenvalue weighted by atomic mass is 9.92. The van der Waals surface area contributed by atoms with Crippen LogP contribution in [0.4, 0.5) is 5.82 Å². The van der Waals surface area contributed by atoms with Crippen LogP contribution in [0.1, 0.15) is 35.5 Å². The molecule has 212 valence electrons. The minimum atomic E-state index is -4.22. The number of benzene rings is 1. The van der Waals surface area contributed by atoms with Crippen LogP contribution in [-0.2, 0) is 49.3 Å². The second-order valence-electron chi connectivity index (χ2n) is 8.99. The number of phosphoric acid groups is 1. The fraction of sp³-hybridized carbons (Fsp3) is 0.400. The van der Waals surface area contributed by atoms with Crippen molar-refractivity contribution in [2.45, 2.75) is 44.4 Å². The van der Waals surface area contributed by atoms with Gasteiger partial charge in [0.25, 0.3) is 0 Å². The van der Waals surface area contributed by atoms with Crippen molar-refractivity contribution >= 4 is 37.3 Å². The second kappa shape index (κ2) is 11.1. The summed E-state index contributed by atoms with van der Waals surface area (Å²) >= 11 is 0. The molecule has 40 heavy (non-hydrogen) atoms. The van der Waals surface area contributed by atoms with E-state index >= 15 is 0 Å². The van der Waals surface area contributed by atoms with Gasteiger partial charge in [0.05, 0.1) is 31.1 Å². The number of esters is 2. The van der Waals surface area contributed by atoms with Crippen molar-refractivity contribution < 1.29 is 41.9 Å². The Morgan fingerprint density at radius 2 is 2.10 bits per heavy atom. The Labute approximate surface area is 229 Å². The summed E-state index contributed by atoms with van der Waals surface area (Å²) in [5, 5.41) is 4.29. The van der Waals surface area contributed by atoms with Crippen molar-refractivity contribution in [3.05, 3.63) is 59.5 Å². The van der Waals surface area contributed by atoms with Crippen LogP contribution in [0.15, 0.2) is 47.7 Å². The minimum Gasteiger partial charge on any atom is -0.462 e. The monoisotopic (exact) mass is 573 g/mol. The fourth-order valence-corrected chi connectivity index (χ4v) is 6.21. The molecule has 1 unspecified atom stereocenters. The molecule has 3 aromatic rings. The highest BCUT2D eigenvalue weighted by Crippen LogP contribution is 2.59.